The molecule has 156 valence electrons. The summed E-state index contributed by atoms with van der Waals surface area (Å²) in [4.78, 5) is 14.6. The van der Waals surface area contributed by atoms with Gasteiger partial charge in [0, 0.05) is 24.6 Å². The Labute approximate surface area is 171 Å². The monoisotopic (exact) mass is 399 g/mol. The van der Waals surface area contributed by atoms with E-state index in [1.54, 1.807) is 11.1 Å². The van der Waals surface area contributed by atoms with Crippen molar-refractivity contribution in [2.75, 3.05) is 13.2 Å². The molecule has 2 bridgehead atoms. The van der Waals surface area contributed by atoms with Crippen LogP contribution < -0.4 is 0 Å². The van der Waals surface area contributed by atoms with E-state index in [2.05, 4.69) is 25.9 Å². The molecular weight excluding hydrogens is 370 g/mol. The van der Waals surface area contributed by atoms with Crippen molar-refractivity contribution in [3.63, 3.8) is 0 Å². The van der Waals surface area contributed by atoms with Crippen LogP contribution in [-0.4, -0.2) is 51.2 Å². The van der Waals surface area contributed by atoms with Gasteiger partial charge in [0.05, 0.1) is 42.6 Å². The zero-order valence-corrected chi connectivity index (χ0v) is 17.2. The molecule has 2 fully saturated rings. The summed E-state index contributed by atoms with van der Waals surface area (Å²) in [7, 11) is 0. The number of fused-ring (bicyclic) bond motifs is 2. The molecule has 1 aromatic carbocycles. The van der Waals surface area contributed by atoms with Gasteiger partial charge in [-0.3, -0.25) is 9.58 Å². The van der Waals surface area contributed by atoms with Gasteiger partial charge in [0.25, 0.3) is 0 Å². The maximum atomic E-state index is 12.8. The number of carbonyl (C=O) groups excluding carboxylic acids is 1. The number of hydrogen-bond donors (Lipinski definition) is 1. The molecule has 0 saturated carbocycles. The molecule has 0 spiro atoms. The Kier molecular flexibility index (Phi) is 5.12. The average molecular weight is 399 g/mol. The fourth-order valence-electron chi connectivity index (χ4n) is 4.23. The molecule has 2 aliphatic heterocycles. The van der Waals surface area contributed by atoms with Gasteiger partial charge in [-0.2, -0.15) is 5.10 Å². The lowest BCUT2D eigenvalue weighted by Gasteiger charge is -2.50. The van der Waals surface area contributed by atoms with Gasteiger partial charge in [-0.25, -0.2) is 4.79 Å². The molecule has 29 heavy (non-hydrogen) atoms. The van der Waals surface area contributed by atoms with Crippen LogP contribution in [0.3, 0.4) is 0 Å². The number of nitrogens with zero attached hydrogens (tertiary/aromatic N) is 3. The minimum atomic E-state index is -1.03. The third-order valence-electron chi connectivity index (χ3n) is 5.78. The van der Waals surface area contributed by atoms with E-state index in [0.717, 1.165) is 11.1 Å². The normalized spacial score (nSPS) is 27.0. The molecule has 0 radical (unpaired) electrons. The third-order valence-corrected chi connectivity index (χ3v) is 5.78. The highest BCUT2D eigenvalue weighted by Gasteiger charge is 2.50. The van der Waals surface area contributed by atoms with Crippen LogP contribution in [0, 0.1) is 0 Å². The molecule has 0 aliphatic carbocycles. The van der Waals surface area contributed by atoms with Gasteiger partial charge in [0.15, 0.2) is 0 Å². The Hall–Kier alpha value is -2.38. The van der Waals surface area contributed by atoms with E-state index >= 15 is 0 Å². The number of hydrogen-bond acceptors (Lipinski definition) is 5. The third kappa shape index (κ3) is 4.02. The van der Waals surface area contributed by atoms with Crippen LogP contribution in [0.1, 0.15) is 44.7 Å². The number of amides is 1. The summed E-state index contributed by atoms with van der Waals surface area (Å²) < 4.78 is 13.1. The van der Waals surface area contributed by atoms with Gasteiger partial charge in [-0.05, 0) is 26.3 Å². The van der Waals surface area contributed by atoms with Gasteiger partial charge in [0.2, 0.25) is 0 Å². The maximum absolute atomic E-state index is 12.8. The number of rotatable bonds is 3. The fourth-order valence-corrected chi connectivity index (χ4v) is 4.23. The fraction of sp³-hybridized carbons (Fsp3) is 0.545. The first-order valence-electron chi connectivity index (χ1n) is 10.1. The lowest BCUT2D eigenvalue weighted by molar-refractivity contribution is -0.137. The van der Waals surface area contributed by atoms with Gasteiger partial charge in [-0.1, -0.05) is 30.3 Å². The second-order valence-electron chi connectivity index (χ2n) is 9.08. The molecule has 2 aromatic rings. The van der Waals surface area contributed by atoms with Gasteiger partial charge < -0.3 is 14.6 Å². The predicted molar refractivity (Wildman–Crippen MR) is 107 cm³/mol. The summed E-state index contributed by atoms with van der Waals surface area (Å²) in [6.07, 6.45) is 4.12. The predicted octanol–water partition coefficient (Wildman–Crippen LogP) is 3.03. The SMILES string of the molecule is CC(C)(C)n1cc(C2(O)CC3COCC(C2)N3C(=O)OCc2ccccc2)cn1. The van der Waals surface area contributed by atoms with Crippen LogP contribution in [0.5, 0.6) is 0 Å². The Bertz CT molecular complexity index is 844. The van der Waals surface area contributed by atoms with Crippen LogP contribution in [0.2, 0.25) is 0 Å². The van der Waals surface area contributed by atoms with Crippen molar-refractivity contribution >= 4 is 6.09 Å². The largest absolute Gasteiger partial charge is 0.445 e. The summed E-state index contributed by atoms with van der Waals surface area (Å²) in [6, 6.07) is 9.18. The van der Waals surface area contributed by atoms with E-state index in [0.29, 0.717) is 26.1 Å². The Morgan fingerprint density at radius 3 is 2.48 bits per heavy atom. The van der Waals surface area contributed by atoms with E-state index in [9.17, 15) is 9.90 Å². The zero-order valence-electron chi connectivity index (χ0n) is 17.2. The van der Waals surface area contributed by atoms with E-state index in [4.69, 9.17) is 9.47 Å². The second kappa shape index (κ2) is 7.46. The number of ether oxygens (including phenoxy) is 2. The molecule has 2 saturated heterocycles. The summed E-state index contributed by atoms with van der Waals surface area (Å²) in [5.41, 5.74) is 0.556. The standard InChI is InChI=1S/C22H29N3O4/c1-21(2,3)24-12-17(11-23-24)22(27)9-18-14-28-15-19(10-22)25(18)20(26)29-13-16-7-5-4-6-8-16/h4-8,11-12,18-19,27H,9-10,13-15H2,1-3H3. The summed E-state index contributed by atoms with van der Waals surface area (Å²) >= 11 is 0. The van der Waals surface area contributed by atoms with Crippen molar-refractivity contribution in [1.29, 1.82) is 0 Å². The van der Waals surface area contributed by atoms with Crippen LogP contribution in [0.25, 0.3) is 0 Å². The Balaban J connectivity index is 1.48. The van der Waals surface area contributed by atoms with Gasteiger partial charge in [0.1, 0.15) is 6.61 Å². The van der Waals surface area contributed by atoms with Crippen molar-refractivity contribution in [2.45, 2.75) is 63.4 Å². The molecule has 1 amide bonds. The molecule has 4 rings (SSSR count). The minimum absolute atomic E-state index is 0.157. The van der Waals surface area contributed by atoms with Gasteiger partial charge in [-0.15, -0.1) is 0 Å². The smallest absolute Gasteiger partial charge is 0.410 e. The molecule has 1 aromatic heterocycles. The van der Waals surface area contributed by atoms with E-state index < -0.39 is 5.60 Å². The van der Waals surface area contributed by atoms with Crippen molar-refractivity contribution in [3.8, 4) is 0 Å². The van der Waals surface area contributed by atoms with Crippen LogP contribution in [0.15, 0.2) is 42.7 Å². The Morgan fingerprint density at radius 2 is 1.90 bits per heavy atom. The zero-order chi connectivity index (χ0) is 20.6. The second-order valence-corrected chi connectivity index (χ2v) is 9.08. The van der Waals surface area contributed by atoms with E-state index in [1.807, 2.05) is 41.2 Å². The molecule has 2 aliphatic rings. The van der Waals surface area contributed by atoms with Crippen LogP contribution in [-0.2, 0) is 27.2 Å². The first-order valence-corrected chi connectivity index (χ1v) is 10.1. The number of morpholine rings is 1. The lowest BCUT2D eigenvalue weighted by Crippen LogP contribution is -2.62. The molecule has 1 N–H and O–H groups in total. The highest BCUT2D eigenvalue weighted by molar-refractivity contribution is 5.69. The van der Waals surface area contributed by atoms with Crippen molar-refractivity contribution < 1.29 is 19.4 Å². The quantitative estimate of drug-likeness (QED) is 0.859. The van der Waals surface area contributed by atoms with Crippen molar-refractivity contribution in [2.24, 2.45) is 0 Å². The minimum Gasteiger partial charge on any atom is -0.445 e. The number of aliphatic hydroxyl groups is 1. The summed E-state index contributed by atoms with van der Waals surface area (Å²) in [5, 5.41) is 15.9. The lowest BCUT2D eigenvalue weighted by atomic mass is 9.78. The topological polar surface area (TPSA) is 76.8 Å². The molecule has 7 heteroatoms. The maximum Gasteiger partial charge on any atom is 0.410 e. The van der Waals surface area contributed by atoms with E-state index in [1.165, 1.54) is 0 Å². The first kappa shape index (κ1) is 19.9. The van der Waals surface area contributed by atoms with Crippen LogP contribution in [0.4, 0.5) is 4.79 Å². The number of benzene rings is 1. The number of carbonyl (C=O) groups is 1. The summed E-state index contributed by atoms with van der Waals surface area (Å²) in [5.74, 6) is 0. The van der Waals surface area contributed by atoms with Crippen molar-refractivity contribution in [1.82, 2.24) is 14.7 Å². The first-order chi connectivity index (χ1) is 13.8. The van der Waals surface area contributed by atoms with E-state index in [-0.39, 0.29) is 30.3 Å². The highest BCUT2D eigenvalue weighted by Crippen LogP contribution is 2.41. The highest BCUT2D eigenvalue weighted by atomic mass is 16.6. The van der Waals surface area contributed by atoms with Crippen molar-refractivity contribution in [3.05, 3.63) is 53.9 Å². The molecular formula is C22H29N3O4. The van der Waals surface area contributed by atoms with Crippen LogP contribution >= 0.6 is 0 Å². The number of aromatic nitrogens is 2. The molecule has 7 nitrogen and oxygen atoms in total. The van der Waals surface area contributed by atoms with Gasteiger partial charge >= 0.3 is 6.09 Å². The molecule has 3 heterocycles. The number of piperidine rings is 1. The Morgan fingerprint density at radius 1 is 1.24 bits per heavy atom. The molecule has 2 atom stereocenters. The average Bonchev–Trinajstić information content (AvgIpc) is 3.18. The summed E-state index contributed by atoms with van der Waals surface area (Å²) in [6.45, 7) is 7.24. The molecule has 2 unspecified atom stereocenters.